The van der Waals surface area contributed by atoms with E-state index in [1.165, 1.54) is 11.3 Å². The van der Waals surface area contributed by atoms with Crippen molar-refractivity contribution >= 4 is 34.0 Å². The number of carbonyl (C=O) groups is 2. The summed E-state index contributed by atoms with van der Waals surface area (Å²) in [5, 5.41) is 10.1. The van der Waals surface area contributed by atoms with Crippen LogP contribution in [0, 0.1) is 0 Å². The van der Waals surface area contributed by atoms with E-state index in [9.17, 15) is 22.8 Å². The number of fused-ring (bicyclic) bond motifs is 2. The van der Waals surface area contributed by atoms with Crippen LogP contribution in [-0.2, 0) is 17.6 Å². The highest BCUT2D eigenvalue weighted by Crippen LogP contribution is 2.45. The van der Waals surface area contributed by atoms with Gasteiger partial charge in [-0.05, 0) is 43.7 Å². The number of benzene rings is 1. The number of halogens is 3. The predicted octanol–water partition coefficient (Wildman–Crippen LogP) is 5.91. The summed E-state index contributed by atoms with van der Waals surface area (Å²) in [6, 6.07) is 6.27. The Bertz CT molecular complexity index is 1290. The number of amides is 1. The first-order valence-electron chi connectivity index (χ1n) is 11.9. The van der Waals surface area contributed by atoms with E-state index in [4.69, 9.17) is 4.74 Å². The molecule has 190 valence electrons. The van der Waals surface area contributed by atoms with Crippen molar-refractivity contribution in [2.24, 2.45) is 0 Å². The van der Waals surface area contributed by atoms with Crippen molar-refractivity contribution in [3.8, 4) is 0 Å². The summed E-state index contributed by atoms with van der Waals surface area (Å²) in [7, 11) is 0. The highest BCUT2D eigenvalue weighted by atomic mass is 32.1. The van der Waals surface area contributed by atoms with E-state index in [0.29, 0.717) is 22.5 Å². The van der Waals surface area contributed by atoms with Crippen molar-refractivity contribution in [1.82, 2.24) is 9.78 Å². The summed E-state index contributed by atoms with van der Waals surface area (Å²) in [6.45, 7) is 1.90. The second kappa shape index (κ2) is 9.61. The minimum Gasteiger partial charge on any atom is -0.462 e. The van der Waals surface area contributed by atoms with Crippen LogP contribution >= 0.6 is 11.3 Å². The molecule has 5 rings (SSSR count). The first kappa shape index (κ1) is 24.4. The van der Waals surface area contributed by atoms with Gasteiger partial charge in [-0.25, -0.2) is 9.48 Å². The minimum atomic E-state index is -4.55. The average molecular weight is 519 g/mol. The molecule has 3 aromatic rings. The molecular weight excluding hydrogens is 493 g/mol. The van der Waals surface area contributed by atoms with Crippen LogP contribution in [0.25, 0.3) is 0 Å². The lowest BCUT2D eigenvalue weighted by Gasteiger charge is -2.34. The molecule has 2 atom stereocenters. The molecule has 2 N–H and O–H groups in total. The molecule has 0 radical (unpaired) electrons. The number of anilines is 2. The quantitative estimate of drug-likeness (QED) is 0.410. The van der Waals surface area contributed by atoms with E-state index in [0.717, 1.165) is 40.6 Å². The number of hydrogen-bond acceptors (Lipinski definition) is 6. The molecule has 7 nitrogen and oxygen atoms in total. The maximum Gasteiger partial charge on any atom is 0.410 e. The van der Waals surface area contributed by atoms with Crippen LogP contribution in [0.5, 0.6) is 0 Å². The number of hydrogen-bond donors (Lipinski definition) is 2. The Kier molecular flexibility index (Phi) is 6.50. The molecule has 1 aliphatic carbocycles. The Hall–Kier alpha value is -3.34. The minimum absolute atomic E-state index is 0.00562. The van der Waals surface area contributed by atoms with E-state index < -0.39 is 30.1 Å². The van der Waals surface area contributed by atoms with Crippen LogP contribution in [0.2, 0.25) is 0 Å². The number of alkyl halides is 3. The summed E-state index contributed by atoms with van der Waals surface area (Å²) >= 11 is 1.32. The number of esters is 1. The molecule has 0 saturated heterocycles. The maximum atomic E-state index is 14.0. The van der Waals surface area contributed by atoms with Gasteiger partial charge in [-0.1, -0.05) is 30.3 Å². The number of nitrogens with one attached hydrogen (secondary N) is 2. The van der Waals surface area contributed by atoms with Crippen LogP contribution in [-0.4, -0.2) is 34.4 Å². The predicted molar refractivity (Wildman–Crippen MR) is 130 cm³/mol. The van der Waals surface area contributed by atoms with Gasteiger partial charge in [-0.3, -0.25) is 4.79 Å². The first-order valence-corrected chi connectivity index (χ1v) is 12.7. The second-order valence-corrected chi connectivity index (χ2v) is 9.95. The van der Waals surface area contributed by atoms with Gasteiger partial charge in [-0.2, -0.15) is 18.3 Å². The summed E-state index contributed by atoms with van der Waals surface area (Å²) in [5.74, 6) is -1.15. The lowest BCUT2D eigenvalue weighted by molar-refractivity contribution is -0.173. The fourth-order valence-electron chi connectivity index (χ4n) is 4.88. The molecule has 0 unspecified atom stereocenters. The Balaban J connectivity index is 1.49. The van der Waals surface area contributed by atoms with Crippen molar-refractivity contribution in [2.45, 2.75) is 57.3 Å². The molecule has 3 heterocycles. The third-order valence-electron chi connectivity index (χ3n) is 6.56. The van der Waals surface area contributed by atoms with Crippen molar-refractivity contribution in [3.05, 3.63) is 63.7 Å². The standard InChI is InChI=1S/C25H25F3N4O3S/c1-2-35-24(34)20-15-10-6-7-11-18(15)36-23(20)31-22(33)16-13-29-32-19(25(26,27)28)12-17(30-21(16)32)14-8-4-3-5-9-14/h3-5,8-9,13,17,19,30H,2,6-7,10-12H2,1H3,(H,31,33)/t17-,19-/m1/s1. The second-order valence-electron chi connectivity index (χ2n) is 8.84. The molecule has 1 amide bonds. The molecular formula is C25H25F3N4O3S. The van der Waals surface area contributed by atoms with Crippen molar-refractivity contribution in [3.63, 3.8) is 0 Å². The van der Waals surface area contributed by atoms with Gasteiger partial charge in [0.2, 0.25) is 0 Å². The van der Waals surface area contributed by atoms with Gasteiger partial charge in [0, 0.05) is 11.3 Å². The summed E-state index contributed by atoms with van der Waals surface area (Å²) in [5.41, 5.74) is 1.89. The smallest absolute Gasteiger partial charge is 0.410 e. The van der Waals surface area contributed by atoms with Gasteiger partial charge in [0.15, 0.2) is 6.04 Å². The van der Waals surface area contributed by atoms with Crippen LogP contribution in [0.15, 0.2) is 36.5 Å². The lowest BCUT2D eigenvalue weighted by Crippen LogP contribution is -2.36. The number of thiophene rings is 1. The molecule has 36 heavy (non-hydrogen) atoms. The fourth-order valence-corrected chi connectivity index (χ4v) is 6.15. The van der Waals surface area contributed by atoms with E-state index >= 15 is 0 Å². The molecule has 2 aromatic heterocycles. The number of aromatic nitrogens is 2. The summed E-state index contributed by atoms with van der Waals surface area (Å²) < 4.78 is 48.0. The molecule has 0 saturated carbocycles. The van der Waals surface area contributed by atoms with Crippen molar-refractivity contribution < 1.29 is 27.5 Å². The Labute approximate surface area is 209 Å². The topological polar surface area (TPSA) is 85.2 Å². The van der Waals surface area contributed by atoms with Gasteiger partial charge in [0.05, 0.1) is 24.4 Å². The van der Waals surface area contributed by atoms with Crippen molar-refractivity contribution in [1.29, 1.82) is 0 Å². The zero-order valence-electron chi connectivity index (χ0n) is 19.5. The zero-order valence-corrected chi connectivity index (χ0v) is 20.3. The number of carbonyl (C=O) groups excluding carboxylic acids is 2. The molecule has 0 spiro atoms. The third-order valence-corrected chi connectivity index (χ3v) is 7.77. The maximum absolute atomic E-state index is 14.0. The SMILES string of the molecule is CCOC(=O)c1c(NC(=O)c2cnn3c2N[C@@H](c2ccccc2)C[C@@H]3C(F)(F)F)sc2c1CCCC2. The fraction of sp³-hybridized carbons (Fsp3) is 0.400. The lowest BCUT2D eigenvalue weighted by atomic mass is 9.95. The number of aryl methyl sites for hydroxylation is 1. The van der Waals surface area contributed by atoms with Crippen LogP contribution in [0.4, 0.5) is 24.0 Å². The Morgan fingerprint density at radius 3 is 2.69 bits per heavy atom. The molecule has 1 aliphatic heterocycles. The van der Waals surface area contributed by atoms with Crippen LogP contribution in [0.3, 0.4) is 0 Å². The number of nitrogens with zero attached hydrogens (tertiary/aromatic N) is 2. The van der Waals surface area contributed by atoms with Gasteiger partial charge in [-0.15, -0.1) is 11.3 Å². The highest BCUT2D eigenvalue weighted by Gasteiger charge is 2.47. The van der Waals surface area contributed by atoms with E-state index in [2.05, 4.69) is 15.7 Å². The highest BCUT2D eigenvalue weighted by molar-refractivity contribution is 7.17. The Morgan fingerprint density at radius 1 is 1.22 bits per heavy atom. The van der Waals surface area contributed by atoms with E-state index in [-0.39, 0.29) is 24.4 Å². The molecule has 11 heteroatoms. The largest absolute Gasteiger partial charge is 0.462 e. The zero-order chi connectivity index (χ0) is 25.4. The van der Waals surface area contributed by atoms with Crippen LogP contribution in [0.1, 0.15) is 75.0 Å². The molecule has 2 aliphatic rings. The average Bonchev–Trinajstić information content (AvgIpc) is 3.44. The van der Waals surface area contributed by atoms with Gasteiger partial charge < -0.3 is 15.4 Å². The molecule has 0 bridgehead atoms. The molecule has 1 aromatic carbocycles. The normalized spacial score (nSPS) is 19.1. The van der Waals surface area contributed by atoms with Gasteiger partial charge in [0.1, 0.15) is 16.4 Å². The third kappa shape index (κ3) is 4.47. The molecule has 0 fully saturated rings. The first-order chi connectivity index (χ1) is 17.3. The van der Waals surface area contributed by atoms with Gasteiger partial charge >= 0.3 is 12.1 Å². The van der Waals surface area contributed by atoms with Crippen LogP contribution < -0.4 is 10.6 Å². The Morgan fingerprint density at radius 2 is 1.97 bits per heavy atom. The van der Waals surface area contributed by atoms with E-state index in [1.54, 1.807) is 37.3 Å². The van der Waals surface area contributed by atoms with Crippen molar-refractivity contribution in [2.75, 3.05) is 17.2 Å². The van der Waals surface area contributed by atoms with E-state index in [1.807, 2.05) is 0 Å². The summed E-state index contributed by atoms with van der Waals surface area (Å²) in [6.07, 6.45) is -0.220. The summed E-state index contributed by atoms with van der Waals surface area (Å²) in [4.78, 5) is 27.1. The number of rotatable bonds is 5. The number of ether oxygens (including phenoxy) is 1. The monoisotopic (exact) mass is 518 g/mol. The van der Waals surface area contributed by atoms with Gasteiger partial charge in [0.25, 0.3) is 5.91 Å².